The van der Waals surface area contributed by atoms with Gasteiger partial charge in [-0.05, 0) is 55.9 Å². The van der Waals surface area contributed by atoms with Crippen molar-refractivity contribution in [3.8, 4) is 0 Å². The first kappa shape index (κ1) is 24.8. The molecule has 3 heterocycles. The molecule has 2 fully saturated rings. The summed E-state index contributed by atoms with van der Waals surface area (Å²) >= 11 is 6.33. The lowest BCUT2D eigenvalue weighted by atomic mass is 10.1. The van der Waals surface area contributed by atoms with Gasteiger partial charge in [0.25, 0.3) is 5.56 Å². The summed E-state index contributed by atoms with van der Waals surface area (Å²) in [5.41, 5.74) is 3.28. The minimum absolute atomic E-state index is 0.0310. The van der Waals surface area contributed by atoms with Gasteiger partial charge in [-0.2, -0.15) is 0 Å². The van der Waals surface area contributed by atoms with E-state index in [0.717, 1.165) is 47.6 Å². The van der Waals surface area contributed by atoms with Crippen molar-refractivity contribution in [3.63, 3.8) is 0 Å². The van der Waals surface area contributed by atoms with Crippen molar-refractivity contribution in [3.05, 3.63) is 56.7 Å². The van der Waals surface area contributed by atoms with Crippen molar-refractivity contribution in [2.45, 2.75) is 45.9 Å². The van der Waals surface area contributed by atoms with Crippen molar-refractivity contribution in [2.24, 2.45) is 5.92 Å². The molecule has 3 aromatic rings. The predicted molar refractivity (Wildman–Crippen MR) is 141 cm³/mol. The molecule has 3 N–H and O–H groups in total. The third-order valence-corrected chi connectivity index (χ3v) is 7.40. The molecule has 36 heavy (non-hydrogen) atoms. The topological polar surface area (TPSA) is 104 Å². The number of hydrogen-bond donors (Lipinski definition) is 3. The second-order valence-electron chi connectivity index (χ2n) is 9.93. The highest BCUT2D eigenvalue weighted by Gasteiger charge is 2.28. The van der Waals surface area contributed by atoms with E-state index in [2.05, 4.69) is 31.6 Å². The number of benzene rings is 1. The Labute approximate surface area is 215 Å². The first-order valence-corrected chi connectivity index (χ1v) is 12.9. The van der Waals surface area contributed by atoms with Crippen LogP contribution in [0.4, 0.5) is 5.82 Å². The number of rotatable bonds is 9. The number of ether oxygens (including phenoxy) is 1. The molecule has 0 bridgehead atoms. The van der Waals surface area contributed by atoms with Gasteiger partial charge in [-0.3, -0.25) is 19.1 Å². The zero-order valence-electron chi connectivity index (χ0n) is 20.8. The summed E-state index contributed by atoms with van der Waals surface area (Å²) in [6.45, 7) is 7.99. The van der Waals surface area contributed by atoms with Crippen LogP contribution in [0, 0.1) is 19.8 Å². The number of carbonyl (C=O) groups excluding carboxylic acids is 1. The quantitative estimate of drug-likeness (QED) is 0.407. The molecule has 192 valence electrons. The summed E-state index contributed by atoms with van der Waals surface area (Å²) in [7, 11) is 0. The molecular weight excluding hydrogens is 480 g/mol. The Morgan fingerprint density at radius 1 is 1.31 bits per heavy atom. The highest BCUT2D eigenvalue weighted by molar-refractivity contribution is 6.30. The van der Waals surface area contributed by atoms with Crippen LogP contribution in [-0.4, -0.2) is 64.2 Å². The minimum atomic E-state index is -0.373. The molecule has 1 atom stereocenters. The molecule has 1 unspecified atom stereocenters. The zero-order chi connectivity index (χ0) is 25.2. The fourth-order valence-corrected chi connectivity index (χ4v) is 4.87. The Kier molecular flexibility index (Phi) is 7.32. The Morgan fingerprint density at radius 2 is 2.14 bits per heavy atom. The summed E-state index contributed by atoms with van der Waals surface area (Å²) < 4.78 is 7.25. The number of halogens is 1. The Morgan fingerprint density at radius 3 is 2.94 bits per heavy atom. The van der Waals surface area contributed by atoms with Crippen molar-refractivity contribution in [1.82, 2.24) is 24.8 Å². The maximum Gasteiger partial charge on any atom is 0.294 e. The van der Waals surface area contributed by atoms with Crippen LogP contribution in [-0.2, 0) is 22.6 Å². The molecule has 9 nitrogen and oxygen atoms in total. The number of fused-ring (bicyclic) bond motifs is 1. The Hall–Kier alpha value is -2.88. The van der Waals surface area contributed by atoms with Gasteiger partial charge in [0.2, 0.25) is 5.91 Å². The number of amides is 1. The van der Waals surface area contributed by atoms with Gasteiger partial charge in [0.05, 0.1) is 18.4 Å². The molecule has 10 heteroatoms. The number of morpholine rings is 1. The van der Waals surface area contributed by atoms with E-state index in [1.165, 1.54) is 17.4 Å². The molecule has 1 aromatic carbocycles. The number of aromatic amines is 1. The van der Waals surface area contributed by atoms with Crippen LogP contribution in [0.2, 0.25) is 5.15 Å². The third kappa shape index (κ3) is 5.74. The number of carbonyl (C=O) groups is 1. The lowest BCUT2D eigenvalue weighted by Crippen LogP contribution is -2.46. The fraction of sp³-hybridized carbons (Fsp3) is 0.500. The second kappa shape index (κ2) is 10.6. The van der Waals surface area contributed by atoms with E-state index in [-0.39, 0.29) is 35.1 Å². The number of aromatic nitrogens is 3. The van der Waals surface area contributed by atoms with E-state index in [0.29, 0.717) is 25.4 Å². The summed E-state index contributed by atoms with van der Waals surface area (Å²) in [5, 5.41) is 7.34. The van der Waals surface area contributed by atoms with Crippen LogP contribution < -0.4 is 16.2 Å². The third-order valence-electron chi connectivity index (χ3n) is 7.04. The second-order valence-corrected chi connectivity index (χ2v) is 10.3. The molecule has 0 spiro atoms. The molecule has 2 aromatic heterocycles. The Balaban J connectivity index is 1.20. The van der Waals surface area contributed by atoms with Crippen LogP contribution in [0.15, 0.2) is 29.2 Å². The number of anilines is 1. The lowest BCUT2D eigenvalue weighted by Gasteiger charge is -2.33. The molecule has 1 saturated heterocycles. The smallest absolute Gasteiger partial charge is 0.294 e. The van der Waals surface area contributed by atoms with Crippen molar-refractivity contribution in [2.75, 3.05) is 38.1 Å². The maximum absolute atomic E-state index is 13.1. The summed E-state index contributed by atoms with van der Waals surface area (Å²) in [5.74, 6) is 0.689. The normalized spacial score (nSPS) is 18.5. The first-order valence-electron chi connectivity index (χ1n) is 12.6. The lowest BCUT2D eigenvalue weighted by molar-refractivity contribution is -0.121. The standard InChI is InChI=1S/C26H33ClN6O3/c1-16-10-28-22-6-5-19(9-21(16)22)11-29-23(34)15-33-17(2)24(27)31-25(26(33)35)30-12-20-14-32(7-8-36-20)13-18-3-4-18/h5-6,9-10,18,20,28H,3-4,7-8,11-15H2,1-2H3,(H,29,34)(H,30,31). The van der Waals surface area contributed by atoms with Gasteiger partial charge in [-0.15, -0.1) is 0 Å². The largest absolute Gasteiger partial charge is 0.374 e. The van der Waals surface area contributed by atoms with Gasteiger partial charge in [0.15, 0.2) is 11.0 Å². The number of H-pyrrole nitrogens is 1. The van der Waals surface area contributed by atoms with Crippen molar-refractivity contribution in [1.29, 1.82) is 0 Å². The van der Waals surface area contributed by atoms with E-state index in [9.17, 15) is 9.59 Å². The minimum Gasteiger partial charge on any atom is -0.374 e. The number of nitrogens with one attached hydrogen (secondary N) is 3. The van der Waals surface area contributed by atoms with Crippen molar-refractivity contribution < 1.29 is 9.53 Å². The molecule has 0 radical (unpaired) electrons. The van der Waals surface area contributed by atoms with E-state index in [1.54, 1.807) is 6.92 Å². The van der Waals surface area contributed by atoms with Gasteiger partial charge in [-0.1, -0.05) is 17.7 Å². The number of nitrogens with zero attached hydrogens (tertiary/aromatic N) is 3. The van der Waals surface area contributed by atoms with E-state index >= 15 is 0 Å². The first-order chi connectivity index (χ1) is 17.4. The average Bonchev–Trinajstić information content (AvgIpc) is 3.62. The summed E-state index contributed by atoms with van der Waals surface area (Å²) in [6.07, 6.45) is 4.57. The van der Waals surface area contributed by atoms with Crippen LogP contribution in [0.5, 0.6) is 0 Å². The van der Waals surface area contributed by atoms with Crippen LogP contribution in [0.3, 0.4) is 0 Å². The highest BCUT2D eigenvalue weighted by atomic mass is 35.5. The van der Waals surface area contributed by atoms with Crippen molar-refractivity contribution >= 4 is 34.2 Å². The molecule has 1 aliphatic heterocycles. The van der Waals surface area contributed by atoms with Gasteiger partial charge in [0, 0.05) is 49.8 Å². The SMILES string of the molecule is Cc1c[nH]c2ccc(CNC(=O)Cn3c(C)c(Cl)nc(NCC4CN(CC5CC5)CCO4)c3=O)cc12. The molecule has 1 aliphatic carbocycles. The van der Waals surface area contributed by atoms with Gasteiger partial charge >= 0.3 is 0 Å². The van der Waals surface area contributed by atoms with Gasteiger partial charge in [-0.25, -0.2) is 4.98 Å². The van der Waals surface area contributed by atoms with E-state index in [1.807, 2.05) is 25.3 Å². The highest BCUT2D eigenvalue weighted by Crippen LogP contribution is 2.30. The average molecular weight is 513 g/mol. The van der Waals surface area contributed by atoms with Crippen LogP contribution >= 0.6 is 11.6 Å². The predicted octanol–water partition coefficient (Wildman–Crippen LogP) is 2.83. The molecule has 1 saturated carbocycles. The monoisotopic (exact) mass is 512 g/mol. The molecule has 1 amide bonds. The Bertz CT molecular complexity index is 1310. The molecular formula is C26H33ClN6O3. The van der Waals surface area contributed by atoms with Crippen LogP contribution in [0.25, 0.3) is 10.9 Å². The number of hydrogen-bond acceptors (Lipinski definition) is 6. The summed E-state index contributed by atoms with van der Waals surface area (Å²) in [4.78, 5) is 35.8. The number of aryl methyl sites for hydroxylation is 1. The van der Waals surface area contributed by atoms with E-state index in [4.69, 9.17) is 16.3 Å². The van der Waals surface area contributed by atoms with E-state index < -0.39 is 0 Å². The van der Waals surface area contributed by atoms with Gasteiger partial charge in [0.1, 0.15) is 6.54 Å². The van der Waals surface area contributed by atoms with Gasteiger partial charge < -0.3 is 20.4 Å². The molecule has 5 rings (SSSR count). The molecule has 2 aliphatic rings. The maximum atomic E-state index is 13.1. The summed E-state index contributed by atoms with van der Waals surface area (Å²) in [6, 6.07) is 6.03. The zero-order valence-corrected chi connectivity index (χ0v) is 21.5. The fourth-order valence-electron chi connectivity index (χ4n) is 4.69. The van der Waals surface area contributed by atoms with Crippen LogP contribution in [0.1, 0.15) is 29.7 Å².